The van der Waals surface area contributed by atoms with E-state index in [1.54, 1.807) is 0 Å². The highest BCUT2D eigenvalue weighted by atomic mass is 19.3. The van der Waals surface area contributed by atoms with E-state index in [-0.39, 0.29) is 29.8 Å². The topological polar surface area (TPSA) is 56.8 Å². The molecule has 0 saturated carbocycles. The van der Waals surface area contributed by atoms with Gasteiger partial charge in [0.05, 0.1) is 0 Å². The van der Waals surface area contributed by atoms with Crippen LogP contribution in [0.1, 0.15) is 13.3 Å². The summed E-state index contributed by atoms with van der Waals surface area (Å²) in [4.78, 5) is 11.3. The lowest BCUT2D eigenvalue weighted by Crippen LogP contribution is -2.29. The van der Waals surface area contributed by atoms with Crippen molar-refractivity contribution >= 4 is 5.91 Å². The minimum Gasteiger partial charge on any atom is -0.484 e. The Labute approximate surface area is 108 Å². The molecule has 19 heavy (non-hydrogen) atoms. The summed E-state index contributed by atoms with van der Waals surface area (Å²) in [6.07, 6.45) is -2.83. The van der Waals surface area contributed by atoms with E-state index in [0.29, 0.717) is 6.54 Å². The predicted molar refractivity (Wildman–Crippen MR) is 61.4 cm³/mol. The number of halogens is 2. The summed E-state index contributed by atoms with van der Waals surface area (Å²) in [5, 5.41) is 2.63. The molecule has 0 saturated heterocycles. The van der Waals surface area contributed by atoms with Crippen molar-refractivity contribution < 1.29 is 27.8 Å². The highest BCUT2D eigenvalue weighted by Crippen LogP contribution is 2.42. The van der Waals surface area contributed by atoms with Crippen molar-refractivity contribution in [1.29, 1.82) is 0 Å². The summed E-state index contributed by atoms with van der Waals surface area (Å²) in [6, 6.07) is 3.98. The molecule has 0 fully saturated rings. The minimum absolute atomic E-state index is 0.0622. The van der Waals surface area contributed by atoms with Crippen LogP contribution >= 0.6 is 0 Å². The second-order valence-corrected chi connectivity index (χ2v) is 3.91. The average molecular weight is 273 g/mol. The number of ether oxygens (including phenoxy) is 3. The third-order valence-electron chi connectivity index (χ3n) is 2.31. The van der Waals surface area contributed by atoms with Crippen LogP contribution in [0.15, 0.2) is 18.2 Å². The van der Waals surface area contributed by atoms with E-state index in [0.717, 1.165) is 6.42 Å². The van der Waals surface area contributed by atoms with E-state index in [1.807, 2.05) is 6.92 Å². The van der Waals surface area contributed by atoms with Gasteiger partial charge in [-0.2, -0.15) is 0 Å². The predicted octanol–water partition coefficient (Wildman–Crippen LogP) is 1.91. The number of carbonyl (C=O) groups excluding carboxylic acids is 1. The Balaban J connectivity index is 1.92. The number of nitrogens with one attached hydrogen (secondary N) is 1. The molecular weight excluding hydrogens is 260 g/mol. The van der Waals surface area contributed by atoms with Crippen molar-refractivity contribution in [3.05, 3.63) is 18.2 Å². The Bertz CT molecular complexity index is 479. The van der Waals surface area contributed by atoms with Crippen LogP contribution in [0.4, 0.5) is 8.78 Å². The van der Waals surface area contributed by atoms with Gasteiger partial charge in [0.15, 0.2) is 18.1 Å². The molecule has 0 bridgehead atoms. The smallest absolute Gasteiger partial charge is 0.484 e. The monoisotopic (exact) mass is 273 g/mol. The lowest BCUT2D eigenvalue weighted by Gasteiger charge is -2.07. The number of hydrogen-bond acceptors (Lipinski definition) is 4. The quantitative estimate of drug-likeness (QED) is 0.890. The summed E-state index contributed by atoms with van der Waals surface area (Å²) in [5.74, 6) is -0.194. The first-order chi connectivity index (χ1) is 9.00. The van der Waals surface area contributed by atoms with Crippen molar-refractivity contribution in [3.63, 3.8) is 0 Å². The third-order valence-corrected chi connectivity index (χ3v) is 2.31. The van der Waals surface area contributed by atoms with Gasteiger partial charge in [-0.3, -0.25) is 4.79 Å². The molecule has 2 rings (SSSR count). The molecule has 1 N–H and O–H groups in total. The number of fused-ring (bicyclic) bond motifs is 1. The second kappa shape index (κ2) is 5.29. The number of rotatable bonds is 5. The van der Waals surface area contributed by atoms with Gasteiger partial charge in [0.1, 0.15) is 5.75 Å². The van der Waals surface area contributed by atoms with Gasteiger partial charge in [0.2, 0.25) is 0 Å². The molecule has 1 aromatic rings. The van der Waals surface area contributed by atoms with Gasteiger partial charge in [0.25, 0.3) is 5.91 Å². The average Bonchev–Trinajstić information content (AvgIpc) is 2.66. The minimum atomic E-state index is -3.65. The van der Waals surface area contributed by atoms with E-state index in [4.69, 9.17) is 4.74 Å². The molecule has 0 radical (unpaired) electrons. The van der Waals surface area contributed by atoms with Gasteiger partial charge in [-0.05, 0) is 18.6 Å². The molecule has 5 nitrogen and oxygen atoms in total. The Hall–Kier alpha value is -2.05. The molecule has 0 aliphatic carbocycles. The highest BCUT2D eigenvalue weighted by Gasteiger charge is 2.43. The molecule has 104 valence electrons. The number of alkyl halides is 2. The van der Waals surface area contributed by atoms with Gasteiger partial charge in [-0.1, -0.05) is 6.92 Å². The Morgan fingerprint density at radius 1 is 1.37 bits per heavy atom. The van der Waals surface area contributed by atoms with E-state index in [9.17, 15) is 13.6 Å². The van der Waals surface area contributed by atoms with Crippen LogP contribution in [-0.4, -0.2) is 25.4 Å². The van der Waals surface area contributed by atoms with Gasteiger partial charge in [0, 0.05) is 12.6 Å². The van der Waals surface area contributed by atoms with E-state index in [2.05, 4.69) is 14.8 Å². The Morgan fingerprint density at radius 2 is 2.11 bits per heavy atom. The first kappa shape index (κ1) is 13.4. The molecule has 1 aliphatic heterocycles. The lowest BCUT2D eigenvalue weighted by molar-refractivity contribution is -0.286. The fourth-order valence-electron chi connectivity index (χ4n) is 1.48. The first-order valence-corrected chi connectivity index (χ1v) is 5.79. The molecule has 0 aromatic heterocycles. The van der Waals surface area contributed by atoms with E-state index in [1.165, 1.54) is 18.2 Å². The molecule has 0 spiro atoms. The standard InChI is InChI=1S/C12H13F2NO4/c1-2-5-15-11(16)7-17-8-3-4-9-10(6-8)19-12(13,14)18-9/h3-4,6H,2,5,7H2,1H3,(H,15,16). The third kappa shape index (κ3) is 3.46. The zero-order valence-electron chi connectivity index (χ0n) is 10.2. The summed E-state index contributed by atoms with van der Waals surface area (Å²) in [7, 11) is 0. The SMILES string of the molecule is CCCNC(=O)COc1ccc2c(c1)OC(F)(F)O2. The molecule has 0 unspecified atom stereocenters. The zero-order chi connectivity index (χ0) is 13.9. The van der Waals surface area contributed by atoms with E-state index < -0.39 is 6.29 Å². The van der Waals surface area contributed by atoms with Crippen LogP contribution in [0.25, 0.3) is 0 Å². The summed E-state index contributed by atoms with van der Waals surface area (Å²) in [6.45, 7) is 2.31. The lowest BCUT2D eigenvalue weighted by atomic mass is 10.3. The number of hydrogen-bond donors (Lipinski definition) is 1. The highest BCUT2D eigenvalue weighted by molar-refractivity contribution is 5.77. The fourth-order valence-corrected chi connectivity index (χ4v) is 1.48. The van der Waals surface area contributed by atoms with Gasteiger partial charge < -0.3 is 19.5 Å². The van der Waals surface area contributed by atoms with Crippen molar-refractivity contribution in [1.82, 2.24) is 5.32 Å². The van der Waals surface area contributed by atoms with Crippen LogP contribution in [0.3, 0.4) is 0 Å². The first-order valence-electron chi connectivity index (χ1n) is 5.79. The largest absolute Gasteiger partial charge is 0.586 e. The van der Waals surface area contributed by atoms with Crippen LogP contribution < -0.4 is 19.5 Å². The second-order valence-electron chi connectivity index (χ2n) is 3.91. The molecule has 0 atom stereocenters. The van der Waals surface area contributed by atoms with Crippen LogP contribution in [-0.2, 0) is 4.79 Å². The molecule has 1 heterocycles. The Morgan fingerprint density at radius 3 is 2.84 bits per heavy atom. The maximum Gasteiger partial charge on any atom is 0.586 e. The van der Waals surface area contributed by atoms with Gasteiger partial charge in [-0.25, -0.2) is 0 Å². The molecule has 1 aromatic carbocycles. The maximum atomic E-state index is 12.8. The molecule has 7 heteroatoms. The van der Waals surface area contributed by atoms with Crippen molar-refractivity contribution in [2.75, 3.05) is 13.2 Å². The van der Waals surface area contributed by atoms with Crippen molar-refractivity contribution in [2.45, 2.75) is 19.6 Å². The molecule has 1 amide bonds. The van der Waals surface area contributed by atoms with Crippen LogP contribution in [0, 0.1) is 0 Å². The number of carbonyl (C=O) groups is 1. The Kier molecular flexibility index (Phi) is 3.73. The van der Waals surface area contributed by atoms with Gasteiger partial charge in [-0.15, -0.1) is 8.78 Å². The fraction of sp³-hybridized carbons (Fsp3) is 0.417. The number of amides is 1. The molecular formula is C12H13F2NO4. The van der Waals surface area contributed by atoms with Crippen LogP contribution in [0.2, 0.25) is 0 Å². The molecule has 1 aliphatic rings. The maximum absolute atomic E-state index is 12.8. The summed E-state index contributed by atoms with van der Waals surface area (Å²) >= 11 is 0. The van der Waals surface area contributed by atoms with Gasteiger partial charge >= 0.3 is 6.29 Å². The zero-order valence-corrected chi connectivity index (χ0v) is 10.2. The summed E-state index contributed by atoms with van der Waals surface area (Å²) in [5.41, 5.74) is 0. The summed E-state index contributed by atoms with van der Waals surface area (Å²) < 4.78 is 39.2. The van der Waals surface area contributed by atoms with Crippen molar-refractivity contribution in [3.8, 4) is 17.2 Å². The normalized spacial score (nSPS) is 15.1. The van der Waals surface area contributed by atoms with E-state index >= 15 is 0 Å². The number of benzene rings is 1. The van der Waals surface area contributed by atoms with Crippen molar-refractivity contribution in [2.24, 2.45) is 0 Å². The van der Waals surface area contributed by atoms with Crippen LogP contribution in [0.5, 0.6) is 17.2 Å².